The first-order valence-electron chi connectivity index (χ1n) is 6.14. The third-order valence-corrected chi connectivity index (χ3v) is 3.06. The monoisotopic (exact) mass is 261 g/mol. The maximum atomic E-state index is 6.14. The van der Waals surface area contributed by atoms with Gasteiger partial charge in [0.2, 0.25) is 11.7 Å². The third kappa shape index (κ3) is 2.59. The number of ether oxygens (including phenoxy) is 2. The highest BCUT2D eigenvalue weighted by Crippen LogP contribution is 2.26. The highest BCUT2D eigenvalue weighted by Gasteiger charge is 2.38. The van der Waals surface area contributed by atoms with Gasteiger partial charge in [0.25, 0.3) is 0 Å². The van der Waals surface area contributed by atoms with Crippen LogP contribution in [0, 0.1) is 0 Å². The minimum absolute atomic E-state index is 0.254. The Morgan fingerprint density at radius 2 is 2.16 bits per heavy atom. The second-order valence-electron chi connectivity index (χ2n) is 4.58. The van der Waals surface area contributed by atoms with Crippen molar-refractivity contribution in [3.8, 4) is 5.75 Å². The molecule has 100 valence electrons. The summed E-state index contributed by atoms with van der Waals surface area (Å²) < 4.78 is 16.0. The van der Waals surface area contributed by atoms with Crippen LogP contribution in [0.3, 0.4) is 0 Å². The summed E-state index contributed by atoms with van der Waals surface area (Å²) in [4.78, 5) is 4.27. The van der Waals surface area contributed by atoms with Crippen LogP contribution < -0.4 is 10.5 Å². The Labute approximate surface area is 110 Å². The van der Waals surface area contributed by atoms with Crippen LogP contribution in [0.5, 0.6) is 5.75 Å². The zero-order valence-corrected chi connectivity index (χ0v) is 10.4. The highest BCUT2D eigenvalue weighted by atomic mass is 16.5. The van der Waals surface area contributed by atoms with Crippen molar-refractivity contribution in [1.82, 2.24) is 10.1 Å². The molecule has 3 rings (SSSR count). The maximum Gasteiger partial charge on any atom is 0.249 e. The van der Waals surface area contributed by atoms with Crippen molar-refractivity contribution in [3.63, 3.8) is 0 Å². The van der Waals surface area contributed by atoms with Crippen LogP contribution in [0.4, 0.5) is 0 Å². The number of benzene rings is 1. The molecule has 6 heteroatoms. The molecular formula is C13H15N3O3. The quantitative estimate of drug-likeness (QED) is 0.891. The minimum atomic E-state index is -0.655. The van der Waals surface area contributed by atoms with Crippen molar-refractivity contribution in [1.29, 1.82) is 0 Å². The summed E-state index contributed by atoms with van der Waals surface area (Å²) in [6.45, 7) is 1.29. The molecule has 19 heavy (non-hydrogen) atoms. The molecule has 0 bridgehead atoms. The van der Waals surface area contributed by atoms with Gasteiger partial charge >= 0.3 is 0 Å². The summed E-state index contributed by atoms with van der Waals surface area (Å²) in [7, 11) is 0. The van der Waals surface area contributed by atoms with Gasteiger partial charge in [-0.05, 0) is 18.6 Å². The van der Waals surface area contributed by atoms with E-state index in [2.05, 4.69) is 10.1 Å². The molecule has 2 aromatic rings. The van der Waals surface area contributed by atoms with Crippen molar-refractivity contribution in [2.75, 3.05) is 13.2 Å². The molecule has 1 aromatic heterocycles. The Hall–Kier alpha value is -1.92. The lowest BCUT2D eigenvalue weighted by atomic mass is 10.0. The molecular weight excluding hydrogens is 246 g/mol. The molecule has 0 saturated carbocycles. The molecule has 1 unspecified atom stereocenters. The van der Waals surface area contributed by atoms with Crippen LogP contribution in [0.15, 0.2) is 34.9 Å². The van der Waals surface area contributed by atoms with Crippen molar-refractivity contribution in [2.45, 2.75) is 18.6 Å². The van der Waals surface area contributed by atoms with Crippen molar-refractivity contribution >= 4 is 0 Å². The van der Waals surface area contributed by atoms with Crippen LogP contribution in [-0.2, 0) is 16.9 Å². The Kier molecular flexibility index (Phi) is 3.18. The summed E-state index contributed by atoms with van der Waals surface area (Å²) in [5, 5.41) is 3.87. The molecule has 1 fully saturated rings. The molecule has 2 N–H and O–H groups in total. The van der Waals surface area contributed by atoms with E-state index in [0.717, 1.165) is 5.75 Å². The van der Waals surface area contributed by atoms with E-state index in [1.54, 1.807) is 0 Å². The Balaban J connectivity index is 1.65. The lowest BCUT2D eigenvalue weighted by Gasteiger charge is -2.14. The van der Waals surface area contributed by atoms with E-state index in [9.17, 15) is 0 Å². The summed E-state index contributed by atoms with van der Waals surface area (Å²) >= 11 is 0. The third-order valence-electron chi connectivity index (χ3n) is 3.06. The van der Waals surface area contributed by atoms with Gasteiger partial charge in [0.15, 0.2) is 6.61 Å². The van der Waals surface area contributed by atoms with Gasteiger partial charge in [-0.2, -0.15) is 4.98 Å². The van der Waals surface area contributed by atoms with Crippen LogP contribution in [0.1, 0.15) is 18.1 Å². The summed E-state index contributed by atoms with van der Waals surface area (Å²) in [6, 6.07) is 9.48. The predicted octanol–water partition coefficient (Wildman–Crippen LogP) is 1.22. The number of rotatable bonds is 4. The van der Waals surface area contributed by atoms with Gasteiger partial charge in [-0.15, -0.1) is 0 Å². The summed E-state index contributed by atoms with van der Waals surface area (Å²) in [6.07, 6.45) is 0.689. The topological polar surface area (TPSA) is 83.4 Å². The first kappa shape index (κ1) is 12.1. The standard InChI is InChI=1S/C13H15N3O3/c14-13(6-7-17-9-13)12-15-11(16-19-12)8-18-10-4-2-1-3-5-10/h1-5H,6-9,14H2. The van der Waals surface area contributed by atoms with Crippen LogP contribution in [-0.4, -0.2) is 23.4 Å². The van der Waals surface area contributed by atoms with Gasteiger partial charge < -0.3 is 19.7 Å². The first-order chi connectivity index (χ1) is 9.26. The van der Waals surface area contributed by atoms with Crippen LogP contribution >= 0.6 is 0 Å². The van der Waals surface area contributed by atoms with Gasteiger partial charge in [-0.25, -0.2) is 0 Å². The fourth-order valence-electron chi connectivity index (χ4n) is 1.93. The smallest absolute Gasteiger partial charge is 0.249 e. The van der Waals surface area contributed by atoms with Crippen LogP contribution in [0.25, 0.3) is 0 Å². The van der Waals surface area contributed by atoms with E-state index in [0.29, 0.717) is 31.3 Å². The number of hydrogen-bond acceptors (Lipinski definition) is 6. The van der Waals surface area contributed by atoms with E-state index in [1.807, 2.05) is 30.3 Å². The largest absolute Gasteiger partial charge is 0.485 e. The SMILES string of the molecule is NC1(c2nc(COc3ccccc3)no2)CCOC1. The van der Waals surface area contributed by atoms with Crippen LogP contribution in [0.2, 0.25) is 0 Å². The highest BCUT2D eigenvalue weighted by molar-refractivity contribution is 5.21. The number of para-hydroxylation sites is 1. The Bertz CT molecular complexity index is 535. The average Bonchev–Trinajstić information content (AvgIpc) is 3.07. The Morgan fingerprint density at radius 1 is 1.32 bits per heavy atom. The van der Waals surface area contributed by atoms with Crippen molar-refractivity contribution in [3.05, 3.63) is 42.0 Å². The molecule has 6 nitrogen and oxygen atoms in total. The zero-order chi connectivity index (χ0) is 13.1. The average molecular weight is 261 g/mol. The molecule has 0 amide bonds. The molecule has 0 spiro atoms. The number of nitrogens with two attached hydrogens (primary N) is 1. The van der Waals surface area contributed by atoms with Gasteiger partial charge in [-0.3, -0.25) is 0 Å². The Morgan fingerprint density at radius 3 is 2.89 bits per heavy atom. The second kappa shape index (κ2) is 4.99. The van der Waals surface area contributed by atoms with Gasteiger partial charge in [0, 0.05) is 6.61 Å². The first-order valence-corrected chi connectivity index (χ1v) is 6.14. The fraction of sp³-hybridized carbons (Fsp3) is 0.385. The maximum absolute atomic E-state index is 6.14. The summed E-state index contributed by atoms with van der Waals surface area (Å²) in [5.74, 6) is 1.66. The molecule has 1 saturated heterocycles. The number of aromatic nitrogens is 2. The molecule has 1 aliphatic rings. The van der Waals surface area contributed by atoms with Gasteiger partial charge in [0.05, 0.1) is 6.61 Å². The molecule has 1 aliphatic heterocycles. The molecule has 2 heterocycles. The van der Waals surface area contributed by atoms with E-state index in [-0.39, 0.29) is 6.61 Å². The molecule has 1 aromatic carbocycles. The minimum Gasteiger partial charge on any atom is -0.485 e. The number of nitrogens with zero attached hydrogens (tertiary/aromatic N) is 2. The molecule has 1 atom stereocenters. The second-order valence-corrected chi connectivity index (χ2v) is 4.58. The van der Waals surface area contributed by atoms with E-state index in [1.165, 1.54) is 0 Å². The molecule has 0 radical (unpaired) electrons. The van der Waals surface area contributed by atoms with E-state index < -0.39 is 5.54 Å². The zero-order valence-electron chi connectivity index (χ0n) is 10.4. The molecule has 0 aliphatic carbocycles. The van der Waals surface area contributed by atoms with Gasteiger partial charge in [0.1, 0.15) is 11.3 Å². The van der Waals surface area contributed by atoms with E-state index in [4.69, 9.17) is 19.7 Å². The van der Waals surface area contributed by atoms with Crippen molar-refractivity contribution in [2.24, 2.45) is 5.73 Å². The van der Waals surface area contributed by atoms with Gasteiger partial charge in [-0.1, -0.05) is 23.4 Å². The summed E-state index contributed by atoms with van der Waals surface area (Å²) in [5.41, 5.74) is 5.48. The number of hydrogen-bond donors (Lipinski definition) is 1. The lowest BCUT2D eigenvalue weighted by Crippen LogP contribution is -2.37. The lowest BCUT2D eigenvalue weighted by molar-refractivity contribution is 0.166. The van der Waals surface area contributed by atoms with E-state index >= 15 is 0 Å². The normalized spacial score (nSPS) is 22.6. The van der Waals surface area contributed by atoms with Crippen molar-refractivity contribution < 1.29 is 14.0 Å². The fourth-order valence-corrected chi connectivity index (χ4v) is 1.93. The predicted molar refractivity (Wildman–Crippen MR) is 66.4 cm³/mol.